The summed E-state index contributed by atoms with van der Waals surface area (Å²) >= 11 is 0. The van der Waals surface area contributed by atoms with Crippen LogP contribution in [-0.2, 0) is 0 Å². The zero-order valence-corrected chi connectivity index (χ0v) is 10.4. The Morgan fingerprint density at radius 2 is 2.33 bits per heavy atom. The fourth-order valence-electron chi connectivity index (χ4n) is 1.91. The molecule has 2 rings (SSSR count). The largest absolute Gasteiger partial charge is 0.348 e. The second-order valence-corrected chi connectivity index (χ2v) is 4.46. The second-order valence-electron chi connectivity index (χ2n) is 4.46. The molecule has 1 amide bonds. The van der Waals surface area contributed by atoms with Crippen LogP contribution in [0.2, 0.25) is 0 Å². The van der Waals surface area contributed by atoms with Crippen LogP contribution in [0.25, 0.3) is 0 Å². The fourth-order valence-corrected chi connectivity index (χ4v) is 1.91. The van der Waals surface area contributed by atoms with Crippen LogP contribution in [0.5, 0.6) is 0 Å². The maximum Gasteiger partial charge on any atom is 0.251 e. The first kappa shape index (κ1) is 12.8. The SMILES string of the molecule is Cc1cc(C(=O)NCC2=CCNCC2)ccc1F. The van der Waals surface area contributed by atoms with Crippen molar-refractivity contribution in [3.8, 4) is 0 Å². The highest BCUT2D eigenvalue weighted by Crippen LogP contribution is 2.09. The van der Waals surface area contributed by atoms with Crippen molar-refractivity contribution >= 4 is 5.91 Å². The van der Waals surface area contributed by atoms with Crippen LogP contribution in [0.15, 0.2) is 29.8 Å². The molecule has 0 spiro atoms. The maximum atomic E-state index is 13.1. The number of hydrogen-bond donors (Lipinski definition) is 2. The zero-order chi connectivity index (χ0) is 13.0. The predicted molar refractivity (Wildman–Crippen MR) is 69.0 cm³/mol. The van der Waals surface area contributed by atoms with Gasteiger partial charge in [0.25, 0.3) is 5.91 Å². The molecule has 0 radical (unpaired) electrons. The molecule has 1 aromatic rings. The minimum Gasteiger partial charge on any atom is -0.348 e. The van der Waals surface area contributed by atoms with Crippen LogP contribution in [0.4, 0.5) is 4.39 Å². The van der Waals surface area contributed by atoms with E-state index >= 15 is 0 Å². The van der Waals surface area contributed by atoms with Gasteiger partial charge in [-0.05, 0) is 43.7 Å². The van der Waals surface area contributed by atoms with Gasteiger partial charge in [-0.25, -0.2) is 4.39 Å². The highest BCUT2D eigenvalue weighted by Gasteiger charge is 2.09. The van der Waals surface area contributed by atoms with Gasteiger partial charge in [0.05, 0.1) is 0 Å². The van der Waals surface area contributed by atoms with Gasteiger partial charge in [-0.15, -0.1) is 0 Å². The summed E-state index contributed by atoms with van der Waals surface area (Å²) in [5.41, 5.74) is 2.23. The third-order valence-electron chi connectivity index (χ3n) is 3.05. The summed E-state index contributed by atoms with van der Waals surface area (Å²) in [6.45, 7) is 4.04. The Labute approximate surface area is 106 Å². The number of carbonyl (C=O) groups excluding carboxylic acids is 1. The van der Waals surface area contributed by atoms with Crippen LogP contribution in [-0.4, -0.2) is 25.5 Å². The van der Waals surface area contributed by atoms with E-state index in [1.807, 2.05) is 0 Å². The Morgan fingerprint density at radius 3 is 3.00 bits per heavy atom. The van der Waals surface area contributed by atoms with Gasteiger partial charge in [0, 0.05) is 18.7 Å². The Kier molecular flexibility index (Phi) is 4.10. The van der Waals surface area contributed by atoms with Crippen molar-refractivity contribution in [2.45, 2.75) is 13.3 Å². The average molecular weight is 248 g/mol. The molecule has 3 nitrogen and oxygen atoms in total. The summed E-state index contributed by atoms with van der Waals surface area (Å²) in [6, 6.07) is 4.41. The lowest BCUT2D eigenvalue weighted by Crippen LogP contribution is -2.29. The number of nitrogens with one attached hydrogen (secondary N) is 2. The minimum absolute atomic E-state index is 0.155. The number of hydrogen-bond acceptors (Lipinski definition) is 2. The molecule has 0 saturated heterocycles. The first-order valence-corrected chi connectivity index (χ1v) is 6.10. The molecular formula is C14H17FN2O. The molecule has 0 unspecified atom stereocenters. The molecule has 1 aliphatic rings. The third-order valence-corrected chi connectivity index (χ3v) is 3.05. The molecular weight excluding hydrogens is 231 g/mol. The van der Waals surface area contributed by atoms with Crippen molar-refractivity contribution < 1.29 is 9.18 Å². The highest BCUT2D eigenvalue weighted by atomic mass is 19.1. The molecule has 2 N–H and O–H groups in total. The summed E-state index contributed by atoms with van der Waals surface area (Å²) in [6.07, 6.45) is 3.06. The molecule has 1 heterocycles. The summed E-state index contributed by atoms with van der Waals surface area (Å²) < 4.78 is 13.1. The summed E-state index contributed by atoms with van der Waals surface area (Å²) in [7, 11) is 0. The van der Waals surface area contributed by atoms with Gasteiger partial charge in [-0.1, -0.05) is 11.6 Å². The van der Waals surface area contributed by atoms with Crippen LogP contribution >= 0.6 is 0 Å². The first-order chi connectivity index (χ1) is 8.66. The van der Waals surface area contributed by atoms with Gasteiger partial charge >= 0.3 is 0 Å². The molecule has 18 heavy (non-hydrogen) atoms. The van der Waals surface area contributed by atoms with E-state index in [2.05, 4.69) is 16.7 Å². The molecule has 0 fully saturated rings. The lowest BCUT2D eigenvalue weighted by molar-refractivity contribution is 0.0956. The molecule has 0 saturated carbocycles. The number of rotatable bonds is 3. The Bertz CT molecular complexity index is 483. The number of carbonyl (C=O) groups is 1. The summed E-state index contributed by atoms with van der Waals surface area (Å²) in [4.78, 5) is 11.9. The van der Waals surface area contributed by atoms with E-state index in [4.69, 9.17) is 0 Å². The quantitative estimate of drug-likeness (QED) is 0.801. The van der Waals surface area contributed by atoms with Gasteiger partial charge in [0.1, 0.15) is 5.82 Å². The van der Waals surface area contributed by atoms with Crippen molar-refractivity contribution in [1.29, 1.82) is 0 Å². The van der Waals surface area contributed by atoms with Crippen LogP contribution in [0.1, 0.15) is 22.3 Å². The van der Waals surface area contributed by atoms with E-state index in [1.54, 1.807) is 13.0 Å². The molecule has 4 heteroatoms. The normalized spacial score (nSPS) is 15.1. The van der Waals surface area contributed by atoms with Crippen molar-refractivity contribution in [2.24, 2.45) is 0 Å². The summed E-state index contributed by atoms with van der Waals surface area (Å²) in [5.74, 6) is -0.440. The Morgan fingerprint density at radius 1 is 1.50 bits per heavy atom. The molecule has 1 aliphatic heterocycles. The van der Waals surface area contributed by atoms with Gasteiger partial charge in [-0.2, -0.15) is 0 Å². The Hall–Kier alpha value is -1.68. The lowest BCUT2D eigenvalue weighted by Gasteiger charge is -2.14. The fraction of sp³-hybridized carbons (Fsp3) is 0.357. The first-order valence-electron chi connectivity index (χ1n) is 6.10. The topological polar surface area (TPSA) is 41.1 Å². The van der Waals surface area contributed by atoms with E-state index in [9.17, 15) is 9.18 Å². The molecule has 0 atom stereocenters. The molecule has 96 valence electrons. The molecule has 0 aromatic heterocycles. The van der Waals surface area contributed by atoms with Crippen molar-refractivity contribution in [3.63, 3.8) is 0 Å². The zero-order valence-electron chi connectivity index (χ0n) is 10.4. The van der Waals surface area contributed by atoms with Crippen LogP contribution < -0.4 is 10.6 Å². The maximum absolute atomic E-state index is 13.1. The average Bonchev–Trinajstić information content (AvgIpc) is 2.40. The van der Waals surface area contributed by atoms with Crippen molar-refractivity contribution in [2.75, 3.05) is 19.6 Å². The van der Waals surface area contributed by atoms with E-state index in [0.717, 1.165) is 19.5 Å². The van der Waals surface area contributed by atoms with E-state index in [1.165, 1.54) is 17.7 Å². The van der Waals surface area contributed by atoms with E-state index in [-0.39, 0.29) is 11.7 Å². The number of halogens is 1. The minimum atomic E-state index is -0.285. The number of benzene rings is 1. The monoisotopic (exact) mass is 248 g/mol. The van der Waals surface area contributed by atoms with Crippen molar-refractivity contribution in [3.05, 3.63) is 46.8 Å². The van der Waals surface area contributed by atoms with Gasteiger partial charge in [-0.3, -0.25) is 4.79 Å². The summed E-state index contributed by atoms with van der Waals surface area (Å²) in [5, 5.41) is 6.07. The second kappa shape index (κ2) is 5.78. The van der Waals surface area contributed by atoms with Gasteiger partial charge in [0.2, 0.25) is 0 Å². The highest BCUT2D eigenvalue weighted by molar-refractivity contribution is 5.94. The molecule has 0 aliphatic carbocycles. The third kappa shape index (κ3) is 3.17. The number of amides is 1. The van der Waals surface area contributed by atoms with E-state index < -0.39 is 0 Å². The van der Waals surface area contributed by atoms with Gasteiger partial charge in [0.15, 0.2) is 0 Å². The van der Waals surface area contributed by atoms with Crippen LogP contribution in [0, 0.1) is 12.7 Å². The lowest BCUT2D eigenvalue weighted by atomic mass is 10.1. The number of aryl methyl sites for hydroxylation is 1. The standard InChI is InChI=1S/C14H17FN2O/c1-10-8-12(2-3-13(10)15)14(18)17-9-11-4-6-16-7-5-11/h2-4,8,16H,5-7,9H2,1H3,(H,17,18). The molecule has 1 aromatic carbocycles. The Balaban J connectivity index is 1.95. The predicted octanol–water partition coefficient (Wildman–Crippen LogP) is 1.78. The van der Waals surface area contributed by atoms with Crippen molar-refractivity contribution in [1.82, 2.24) is 10.6 Å². The smallest absolute Gasteiger partial charge is 0.251 e. The van der Waals surface area contributed by atoms with Crippen LogP contribution in [0.3, 0.4) is 0 Å². The molecule has 0 bridgehead atoms. The van der Waals surface area contributed by atoms with E-state index in [0.29, 0.717) is 17.7 Å². The van der Waals surface area contributed by atoms with Gasteiger partial charge < -0.3 is 10.6 Å².